The SMILES string of the molecule is CCOc1ccc([C@H]2C(C#N)=C(SCC(=O)Nc3cc(Cl)ccc3C)NC3=C2C(=O)CCC3)cc1. The van der Waals surface area contributed by atoms with Crippen LogP contribution in [-0.2, 0) is 9.59 Å². The molecule has 0 unspecified atom stereocenters. The molecular weight excluding hydrogens is 482 g/mol. The van der Waals surface area contributed by atoms with Gasteiger partial charge in [0.25, 0.3) is 0 Å². The summed E-state index contributed by atoms with van der Waals surface area (Å²) in [4.78, 5) is 25.7. The second-order valence-corrected chi connectivity index (χ2v) is 9.80. The number of carbonyl (C=O) groups is 2. The number of aryl methyl sites for hydroxylation is 1. The fraction of sp³-hybridized carbons (Fsp3) is 0.296. The number of ether oxygens (including phenoxy) is 1. The Morgan fingerprint density at radius 1 is 1.26 bits per heavy atom. The fourth-order valence-electron chi connectivity index (χ4n) is 4.35. The average Bonchev–Trinajstić information content (AvgIpc) is 2.85. The fourth-order valence-corrected chi connectivity index (χ4v) is 5.38. The first-order chi connectivity index (χ1) is 16.9. The zero-order chi connectivity index (χ0) is 24.9. The lowest BCUT2D eigenvalue weighted by Gasteiger charge is -2.33. The number of ketones is 1. The lowest BCUT2D eigenvalue weighted by Crippen LogP contribution is -2.31. The van der Waals surface area contributed by atoms with E-state index in [-0.39, 0.29) is 17.4 Å². The van der Waals surface area contributed by atoms with Crippen LogP contribution in [0.15, 0.2) is 64.3 Å². The van der Waals surface area contributed by atoms with Crippen molar-refractivity contribution in [3.63, 3.8) is 0 Å². The number of hydrogen-bond donors (Lipinski definition) is 2. The Labute approximate surface area is 214 Å². The van der Waals surface area contributed by atoms with Gasteiger partial charge >= 0.3 is 0 Å². The van der Waals surface area contributed by atoms with Crippen molar-refractivity contribution in [3.8, 4) is 11.8 Å². The third-order valence-corrected chi connectivity index (χ3v) is 7.26. The molecule has 1 heterocycles. The largest absolute Gasteiger partial charge is 0.494 e. The number of anilines is 1. The first kappa shape index (κ1) is 24.9. The minimum atomic E-state index is -0.472. The molecule has 1 atom stereocenters. The van der Waals surface area contributed by atoms with Crippen molar-refractivity contribution >= 4 is 40.7 Å². The quantitative estimate of drug-likeness (QED) is 0.488. The van der Waals surface area contributed by atoms with Crippen LogP contribution in [0.1, 0.15) is 43.2 Å². The van der Waals surface area contributed by atoms with Gasteiger partial charge in [-0.15, -0.1) is 0 Å². The molecule has 2 aromatic carbocycles. The van der Waals surface area contributed by atoms with Gasteiger partial charge in [0.15, 0.2) is 5.78 Å². The summed E-state index contributed by atoms with van der Waals surface area (Å²) in [5.41, 5.74) is 4.36. The normalized spacial score (nSPS) is 17.4. The lowest BCUT2D eigenvalue weighted by atomic mass is 9.77. The Hall–Kier alpha value is -3.21. The Kier molecular flexibility index (Phi) is 7.84. The molecule has 0 aromatic heterocycles. The molecule has 35 heavy (non-hydrogen) atoms. The Bertz CT molecular complexity index is 1260. The molecule has 180 valence electrons. The molecule has 0 bridgehead atoms. The summed E-state index contributed by atoms with van der Waals surface area (Å²) >= 11 is 7.33. The molecule has 0 spiro atoms. The van der Waals surface area contributed by atoms with Crippen LogP contribution in [0.4, 0.5) is 5.69 Å². The number of carbonyl (C=O) groups excluding carboxylic acids is 2. The third-order valence-electron chi connectivity index (χ3n) is 6.01. The van der Waals surface area contributed by atoms with Gasteiger partial charge in [0, 0.05) is 28.4 Å². The van der Waals surface area contributed by atoms with Crippen LogP contribution in [0, 0.1) is 18.3 Å². The summed E-state index contributed by atoms with van der Waals surface area (Å²) in [5, 5.41) is 17.5. The number of halogens is 1. The summed E-state index contributed by atoms with van der Waals surface area (Å²) in [6.07, 6.45) is 1.96. The molecule has 1 aliphatic heterocycles. The maximum Gasteiger partial charge on any atom is 0.234 e. The molecule has 8 heteroatoms. The van der Waals surface area contributed by atoms with Crippen LogP contribution < -0.4 is 15.4 Å². The van der Waals surface area contributed by atoms with E-state index in [0.29, 0.717) is 39.9 Å². The summed E-state index contributed by atoms with van der Waals surface area (Å²) in [7, 11) is 0. The molecular formula is C27H26ClN3O3S. The number of dihydropyridines is 1. The van der Waals surface area contributed by atoms with Crippen molar-refractivity contribution < 1.29 is 14.3 Å². The predicted molar refractivity (Wildman–Crippen MR) is 139 cm³/mol. The van der Waals surface area contributed by atoms with Crippen LogP contribution >= 0.6 is 23.4 Å². The van der Waals surface area contributed by atoms with Crippen molar-refractivity contribution in [2.24, 2.45) is 0 Å². The molecule has 2 aromatic rings. The van der Waals surface area contributed by atoms with Gasteiger partial charge in [0.1, 0.15) is 5.75 Å². The average molecular weight is 508 g/mol. The van der Waals surface area contributed by atoms with E-state index < -0.39 is 5.92 Å². The van der Waals surface area contributed by atoms with E-state index in [2.05, 4.69) is 16.7 Å². The molecule has 2 aliphatic rings. The van der Waals surface area contributed by atoms with Crippen LogP contribution in [-0.4, -0.2) is 24.1 Å². The minimum Gasteiger partial charge on any atom is -0.494 e. The number of benzene rings is 2. The Balaban J connectivity index is 1.61. The monoisotopic (exact) mass is 507 g/mol. The van der Waals surface area contributed by atoms with Gasteiger partial charge in [-0.1, -0.05) is 41.6 Å². The number of hydrogen-bond acceptors (Lipinski definition) is 6. The maximum atomic E-state index is 12.9. The molecule has 1 aliphatic carbocycles. The van der Waals surface area contributed by atoms with Crippen molar-refractivity contribution in [1.29, 1.82) is 5.26 Å². The highest BCUT2D eigenvalue weighted by Gasteiger charge is 2.37. The van der Waals surface area contributed by atoms with Crippen LogP contribution in [0.5, 0.6) is 5.75 Å². The van der Waals surface area contributed by atoms with E-state index in [1.54, 1.807) is 12.1 Å². The Morgan fingerprint density at radius 3 is 2.74 bits per heavy atom. The van der Waals surface area contributed by atoms with Crippen molar-refractivity contribution in [2.75, 3.05) is 17.7 Å². The number of Topliss-reactive ketones (excluding diaryl/α,β-unsaturated/α-hetero) is 1. The van der Waals surface area contributed by atoms with Crippen LogP contribution in [0.25, 0.3) is 0 Å². The zero-order valence-electron chi connectivity index (χ0n) is 19.6. The van der Waals surface area contributed by atoms with Crippen molar-refractivity contribution in [3.05, 3.63) is 80.5 Å². The lowest BCUT2D eigenvalue weighted by molar-refractivity contribution is -0.116. The standard InChI is InChI=1S/C27H26ClN3O3S/c1-3-34-19-11-8-17(9-12-19)25-20(14-29)27(31-21-5-4-6-23(32)26(21)25)35-15-24(33)30-22-13-18(28)10-7-16(22)2/h7-13,25,31H,3-6,15H2,1-2H3,(H,30,33)/t25-/m0/s1. The van der Waals surface area contributed by atoms with Crippen LogP contribution in [0.3, 0.4) is 0 Å². The minimum absolute atomic E-state index is 0.0589. The number of amides is 1. The molecule has 4 rings (SSSR count). The first-order valence-electron chi connectivity index (χ1n) is 11.5. The zero-order valence-corrected chi connectivity index (χ0v) is 21.2. The van der Waals surface area contributed by atoms with Gasteiger partial charge in [-0.2, -0.15) is 5.26 Å². The Morgan fingerprint density at radius 2 is 2.03 bits per heavy atom. The molecule has 6 nitrogen and oxygen atoms in total. The number of thioether (sulfide) groups is 1. The molecule has 0 saturated carbocycles. The van der Waals surface area contributed by atoms with Gasteiger partial charge in [0.05, 0.1) is 34.9 Å². The number of nitriles is 1. The van der Waals surface area contributed by atoms with E-state index in [4.69, 9.17) is 16.3 Å². The number of allylic oxidation sites excluding steroid dienone is 3. The highest BCUT2D eigenvalue weighted by atomic mass is 35.5. The maximum absolute atomic E-state index is 12.9. The summed E-state index contributed by atoms with van der Waals surface area (Å²) < 4.78 is 5.55. The molecule has 0 saturated heterocycles. The number of rotatable bonds is 7. The topological polar surface area (TPSA) is 91.2 Å². The molecule has 1 amide bonds. The van der Waals surface area contributed by atoms with E-state index in [0.717, 1.165) is 35.4 Å². The number of nitrogens with zero attached hydrogens (tertiary/aromatic N) is 1. The smallest absolute Gasteiger partial charge is 0.234 e. The second-order valence-electron chi connectivity index (χ2n) is 8.38. The van der Waals surface area contributed by atoms with E-state index in [1.807, 2.05) is 44.2 Å². The highest BCUT2D eigenvalue weighted by Crippen LogP contribution is 2.44. The van der Waals surface area contributed by atoms with E-state index in [1.165, 1.54) is 11.8 Å². The third kappa shape index (κ3) is 5.55. The summed E-state index contributed by atoms with van der Waals surface area (Å²) in [6, 6.07) is 15.2. The first-order valence-corrected chi connectivity index (χ1v) is 12.9. The predicted octanol–water partition coefficient (Wildman–Crippen LogP) is 5.85. The van der Waals surface area contributed by atoms with Gasteiger partial charge in [0.2, 0.25) is 5.91 Å². The highest BCUT2D eigenvalue weighted by molar-refractivity contribution is 8.03. The van der Waals surface area contributed by atoms with Gasteiger partial charge < -0.3 is 15.4 Å². The van der Waals surface area contributed by atoms with Crippen LogP contribution in [0.2, 0.25) is 5.02 Å². The number of nitrogens with one attached hydrogen (secondary N) is 2. The molecule has 2 N–H and O–H groups in total. The summed E-state index contributed by atoms with van der Waals surface area (Å²) in [6.45, 7) is 4.37. The van der Waals surface area contributed by atoms with Gasteiger partial charge in [-0.3, -0.25) is 9.59 Å². The summed E-state index contributed by atoms with van der Waals surface area (Å²) in [5.74, 6) is 0.221. The second kappa shape index (κ2) is 11.0. The molecule has 0 fully saturated rings. The van der Waals surface area contributed by atoms with E-state index >= 15 is 0 Å². The molecule has 0 radical (unpaired) electrons. The van der Waals surface area contributed by atoms with Gasteiger partial charge in [-0.05, 0) is 62.1 Å². The van der Waals surface area contributed by atoms with E-state index in [9.17, 15) is 14.9 Å². The van der Waals surface area contributed by atoms with Crippen molar-refractivity contribution in [1.82, 2.24) is 5.32 Å². The van der Waals surface area contributed by atoms with Crippen molar-refractivity contribution in [2.45, 2.75) is 39.0 Å². The van der Waals surface area contributed by atoms with Gasteiger partial charge in [-0.25, -0.2) is 0 Å².